The Morgan fingerprint density at radius 1 is 1.03 bits per heavy atom. The summed E-state index contributed by atoms with van der Waals surface area (Å²) in [4.78, 5) is 83.2. The zero-order valence-corrected chi connectivity index (χ0v) is 35.0. The predicted molar refractivity (Wildman–Crippen MR) is 229 cm³/mol. The first-order valence-corrected chi connectivity index (χ1v) is 20.8. The first-order valence-electron chi connectivity index (χ1n) is 19.6. The molecule has 1 saturated heterocycles. The lowest BCUT2D eigenvalue weighted by Crippen LogP contribution is -2.53. The first-order chi connectivity index (χ1) is 28.4. The van der Waals surface area contributed by atoms with Gasteiger partial charge in [0.05, 0.1) is 17.1 Å². The van der Waals surface area contributed by atoms with Gasteiger partial charge in [-0.05, 0) is 69.9 Å². The highest BCUT2D eigenvalue weighted by Gasteiger charge is 2.35. The number of carbonyl (C=O) groups excluding carboxylic acids is 6. The number of unbranched alkanes of at least 4 members (excludes halogenated alkanes) is 5. The van der Waals surface area contributed by atoms with Crippen molar-refractivity contribution in [2.45, 2.75) is 78.2 Å². The van der Waals surface area contributed by atoms with Gasteiger partial charge in [-0.1, -0.05) is 55.5 Å². The summed E-state index contributed by atoms with van der Waals surface area (Å²) in [6.45, 7) is 10.8. The van der Waals surface area contributed by atoms with Crippen LogP contribution in [0.25, 0.3) is 0 Å². The van der Waals surface area contributed by atoms with Crippen molar-refractivity contribution in [3.63, 3.8) is 0 Å². The topological polar surface area (TPSA) is 191 Å². The molecule has 3 heterocycles. The molecule has 6 amide bonds. The highest BCUT2D eigenvalue weighted by molar-refractivity contribution is 7.19. The number of nitrogens with one attached hydrogen (secondary N) is 3. The summed E-state index contributed by atoms with van der Waals surface area (Å²) in [5.74, 6) is -1.34. The van der Waals surface area contributed by atoms with Crippen LogP contribution < -0.4 is 25.6 Å². The first kappa shape index (κ1) is 44.4. The molecular weight excluding hydrogens is 796 g/mol. The smallest absolute Gasteiger partial charge is 0.261 e. The van der Waals surface area contributed by atoms with Gasteiger partial charge in [0.2, 0.25) is 18.2 Å². The van der Waals surface area contributed by atoms with Crippen LogP contribution in [0.2, 0.25) is 5.02 Å². The largest absolute Gasteiger partial charge is 0.483 e. The number of ether oxygens (including phenoxy) is 1. The number of benzene rings is 2. The molecule has 2 aromatic carbocycles. The van der Waals surface area contributed by atoms with Crippen molar-refractivity contribution < 1.29 is 33.5 Å². The average Bonchev–Trinajstić information content (AvgIpc) is 3.42. The number of fused-ring (bicyclic) bond motifs is 1. The summed E-state index contributed by atoms with van der Waals surface area (Å²) in [6, 6.07) is 11.1. The number of hydrogen-bond acceptors (Lipinski definition) is 11. The van der Waals surface area contributed by atoms with E-state index in [0.29, 0.717) is 53.2 Å². The van der Waals surface area contributed by atoms with E-state index in [1.807, 2.05) is 43.0 Å². The van der Waals surface area contributed by atoms with Crippen LogP contribution in [0.5, 0.6) is 5.75 Å². The van der Waals surface area contributed by atoms with Gasteiger partial charge in [-0.3, -0.25) is 44.0 Å². The fourth-order valence-corrected chi connectivity index (χ4v) is 8.37. The summed E-state index contributed by atoms with van der Waals surface area (Å²) < 4.78 is 5.70. The Bertz CT molecular complexity index is 2130. The molecule has 1 aromatic heterocycles. The summed E-state index contributed by atoms with van der Waals surface area (Å²) in [7, 11) is 0. The lowest BCUT2D eigenvalue weighted by Gasteiger charge is -2.28. The Morgan fingerprint density at radius 3 is 2.41 bits per heavy atom. The molecule has 1 fully saturated rings. The number of amidine groups is 1. The molecule has 0 aliphatic carbocycles. The highest BCUT2D eigenvalue weighted by atomic mass is 35.5. The Morgan fingerprint density at radius 2 is 1.73 bits per heavy atom. The second-order valence-electron chi connectivity index (χ2n) is 14.1. The third-order valence-corrected chi connectivity index (χ3v) is 11.7. The molecule has 0 saturated carbocycles. The van der Waals surface area contributed by atoms with Crippen molar-refractivity contribution in [3.8, 4) is 5.75 Å². The summed E-state index contributed by atoms with van der Waals surface area (Å²) in [5.41, 5.74) is 4.03. The number of rotatable bonds is 18. The number of aliphatic imine (C=N–C) groups is 1. The molecular formula is C42H49ClN8O7S. The van der Waals surface area contributed by atoms with E-state index in [1.165, 1.54) is 17.4 Å². The second-order valence-corrected chi connectivity index (χ2v) is 15.6. The van der Waals surface area contributed by atoms with Crippen molar-refractivity contribution in [3.05, 3.63) is 80.2 Å². The molecule has 59 heavy (non-hydrogen) atoms. The van der Waals surface area contributed by atoms with Crippen molar-refractivity contribution >= 4 is 82.1 Å². The number of hydrogen-bond donors (Lipinski definition) is 3. The van der Waals surface area contributed by atoms with Gasteiger partial charge in [0.15, 0.2) is 6.61 Å². The van der Waals surface area contributed by atoms with Crippen molar-refractivity contribution in [1.82, 2.24) is 20.9 Å². The average molecular weight is 845 g/mol. The van der Waals surface area contributed by atoms with Crippen LogP contribution in [0.3, 0.4) is 0 Å². The number of piperidine rings is 1. The Labute approximate surface area is 352 Å². The van der Waals surface area contributed by atoms with Gasteiger partial charge in [-0.15, -0.1) is 16.4 Å². The number of imide groups is 2. The highest BCUT2D eigenvalue weighted by Crippen LogP contribution is 2.39. The van der Waals surface area contributed by atoms with E-state index in [2.05, 4.69) is 32.9 Å². The van der Waals surface area contributed by atoms with Gasteiger partial charge in [-0.2, -0.15) is 5.10 Å². The van der Waals surface area contributed by atoms with E-state index in [-0.39, 0.29) is 43.2 Å². The predicted octanol–water partition coefficient (Wildman–Crippen LogP) is 5.38. The number of thiophene rings is 1. The fraction of sp³-hybridized carbons (Fsp3) is 0.405. The molecule has 0 radical (unpaired) electrons. The molecule has 17 heteroatoms. The van der Waals surface area contributed by atoms with Crippen LogP contribution in [0.4, 0.5) is 5.00 Å². The zero-order chi connectivity index (χ0) is 42.5. The molecule has 5 rings (SSSR count). The molecule has 2 aliphatic heterocycles. The Kier molecular flexibility index (Phi) is 16.0. The maximum Gasteiger partial charge on any atom is 0.261 e. The van der Waals surface area contributed by atoms with Gasteiger partial charge in [0.25, 0.3) is 17.7 Å². The van der Waals surface area contributed by atoms with Gasteiger partial charge >= 0.3 is 0 Å². The van der Waals surface area contributed by atoms with E-state index in [9.17, 15) is 28.8 Å². The molecule has 2 aliphatic rings. The third-order valence-electron chi connectivity index (χ3n) is 10.1. The van der Waals surface area contributed by atoms with Gasteiger partial charge in [-0.25, -0.2) is 0 Å². The van der Waals surface area contributed by atoms with E-state index < -0.39 is 23.8 Å². The number of halogens is 1. The van der Waals surface area contributed by atoms with Crippen molar-refractivity contribution in [1.29, 1.82) is 0 Å². The van der Waals surface area contributed by atoms with Crippen LogP contribution in [-0.4, -0.2) is 97.9 Å². The molecule has 3 N–H and O–H groups in total. The number of anilines is 1. The zero-order valence-electron chi connectivity index (χ0n) is 33.5. The summed E-state index contributed by atoms with van der Waals surface area (Å²) >= 11 is 7.59. The molecule has 15 nitrogen and oxygen atoms in total. The quantitative estimate of drug-likeness (QED) is 0.0380. The standard InChI is InChI=1S/C42H49ClN8O7S/c1-26-31(41(57)51(25-52)32-18-19-34(53)48-39(32)55)12-11-13-33(26)58-24-35(54)45-20-9-7-5-6-8-10-21-47-40(56)38-27(2)36-37(29-14-16-30(43)17-15-29)46-22-23-50(42(36)59-38)28(3)49-44-4/h11-17,25,32H,4-10,18-24H2,1-3H3,(H,45,54)(H,47,56)(H,48,53,55)/b49-28-. The van der Waals surface area contributed by atoms with E-state index in [0.717, 1.165) is 70.8 Å². The molecule has 312 valence electrons. The van der Waals surface area contributed by atoms with Crippen LogP contribution >= 0.6 is 22.9 Å². The van der Waals surface area contributed by atoms with Crippen molar-refractivity contribution in [2.75, 3.05) is 37.7 Å². The van der Waals surface area contributed by atoms with E-state index >= 15 is 0 Å². The Hall–Kier alpha value is -5.74. The molecule has 0 bridgehead atoms. The minimum atomic E-state index is -1.09. The molecule has 1 atom stereocenters. The van der Waals surface area contributed by atoms with E-state index in [4.69, 9.17) is 21.3 Å². The van der Waals surface area contributed by atoms with Gasteiger partial charge in [0, 0.05) is 60.0 Å². The van der Waals surface area contributed by atoms with Gasteiger partial charge in [0.1, 0.15) is 22.6 Å². The lowest BCUT2D eigenvalue weighted by molar-refractivity contribution is -0.139. The minimum absolute atomic E-state index is 0.0165. The monoisotopic (exact) mass is 844 g/mol. The third kappa shape index (κ3) is 11.3. The molecule has 1 unspecified atom stereocenters. The summed E-state index contributed by atoms with van der Waals surface area (Å²) in [6.07, 6.45) is 5.82. The lowest BCUT2D eigenvalue weighted by atomic mass is 9.99. The van der Waals surface area contributed by atoms with Crippen LogP contribution in [-0.2, 0) is 19.2 Å². The Balaban J connectivity index is 1.01. The number of nitrogens with zero attached hydrogens (tertiary/aromatic N) is 5. The minimum Gasteiger partial charge on any atom is -0.483 e. The van der Waals surface area contributed by atoms with Gasteiger partial charge < -0.3 is 20.3 Å². The number of amides is 6. The second kappa shape index (κ2) is 21.3. The number of carbonyl (C=O) groups is 6. The SMILES string of the molecule is C=N/N=C(/C)N1CCN=C(c2ccc(Cl)cc2)c2c1sc(C(=O)NCCCCCCCCNC(=O)COc1cccc(C(=O)N(C=O)C3CCC(=O)NC3=O)c1C)c2C. The normalized spacial score (nSPS) is 15.3. The summed E-state index contributed by atoms with van der Waals surface area (Å²) in [5, 5.41) is 17.5. The fourth-order valence-electron chi connectivity index (χ4n) is 6.95. The van der Waals surface area contributed by atoms with Crippen LogP contribution in [0, 0.1) is 13.8 Å². The maximum absolute atomic E-state index is 13.5. The van der Waals surface area contributed by atoms with E-state index in [1.54, 1.807) is 19.1 Å². The van der Waals surface area contributed by atoms with Crippen LogP contribution in [0.1, 0.15) is 101 Å². The maximum atomic E-state index is 13.5. The molecule has 3 aromatic rings. The molecule has 0 spiro atoms. The van der Waals surface area contributed by atoms with Crippen LogP contribution in [0.15, 0.2) is 57.7 Å². The van der Waals surface area contributed by atoms with Crippen molar-refractivity contribution in [2.24, 2.45) is 15.2 Å².